The molecule has 106 valence electrons. The monoisotopic (exact) mass is 308 g/mol. The number of carbonyl (C=O) groups is 1. The van der Waals surface area contributed by atoms with Crippen LogP contribution < -0.4 is 9.86 Å². The fourth-order valence-electron chi connectivity index (χ4n) is 1.31. The van der Waals surface area contributed by atoms with Crippen LogP contribution in [0.2, 0.25) is 0 Å². The summed E-state index contributed by atoms with van der Waals surface area (Å²) in [6, 6.07) is 2.85. The topological polar surface area (TPSA) is 133 Å². The van der Waals surface area contributed by atoms with Gasteiger partial charge in [-0.15, -0.1) is 0 Å². The summed E-state index contributed by atoms with van der Waals surface area (Å²) in [4.78, 5) is 10.7. The van der Waals surface area contributed by atoms with Gasteiger partial charge in [-0.1, -0.05) is 0 Å². The van der Waals surface area contributed by atoms with Gasteiger partial charge < -0.3 is 4.74 Å². The summed E-state index contributed by atoms with van der Waals surface area (Å²) < 4.78 is 52.2. The van der Waals surface area contributed by atoms with Crippen molar-refractivity contribution in [1.82, 2.24) is 4.72 Å². The first-order chi connectivity index (χ1) is 8.63. The number of methoxy groups -OCH3 is 1. The minimum atomic E-state index is -4.17. The molecule has 0 fully saturated rings. The molecule has 1 aromatic rings. The summed E-state index contributed by atoms with van der Waals surface area (Å²) in [5.41, 5.74) is -0.443. The third-order valence-electron chi connectivity index (χ3n) is 2.24. The Morgan fingerprint density at radius 3 is 2.26 bits per heavy atom. The van der Waals surface area contributed by atoms with Gasteiger partial charge in [0.1, 0.15) is 0 Å². The molecule has 8 nitrogen and oxygen atoms in total. The molecule has 1 aromatic carbocycles. The predicted molar refractivity (Wildman–Crippen MR) is 65.4 cm³/mol. The predicted octanol–water partition coefficient (Wildman–Crippen LogP) is -0.971. The lowest BCUT2D eigenvalue weighted by atomic mass is 10.2. The zero-order valence-corrected chi connectivity index (χ0v) is 11.7. The van der Waals surface area contributed by atoms with Crippen LogP contribution in [-0.4, -0.2) is 37.0 Å². The van der Waals surface area contributed by atoms with Crippen LogP contribution in [-0.2, 0) is 24.8 Å². The molecule has 10 heteroatoms. The molecule has 0 heterocycles. The number of sulfonamides is 2. The van der Waals surface area contributed by atoms with Crippen LogP contribution in [0.3, 0.4) is 0 Å². The van der Waals surface area contributed by atoms with Gasteiger partial charge in [0.2, 0.25) is 20.0 Å². The minimum Gasteiger partial charge on any atom is -0.465 e. The maximum atomic E-state index is 11.6. The molecule has 0 spiro atoms. The Balaban J connectivity index is 3.63. The van der Waals surface area contributed by atoms with Crippen LogP contribution in [0.25, 0.3) is 0 Å². The fraction of sp³-hybridized carbons (Fsp3) is 0.222. The number of nitrogens with one attached hydrogen (secondary N) is 1. The molecule has 0 aliphatic carbocycles. The third-order valence-corrected chi connectivity index (χ3v) is 4.62. The van der Waals surface area contributed by atoms with E-state index >= 15 is 0 Å². The second kappa shape index (κ2) is 5.25. The second-order valence-corrected chi connectivity index (χ2v) is 6.82. The van der Waals surface area contributed by atoms with Crippen LogP contribution in [0.1, 0.15) is 10.4 Å². The first-order valence-corrected chi connectivity index (χ1v) is 7.85. The summed E-state index contributed by atoms with van der Waals surface area (Å²) in [5.74, 6) is -1.00. The van der Waals surface area contributed by atoms with E-state index in [2.05, 4.69) is 4.74 Å². The molecule has 3 N–H and O–H groups in total. The highest BCUT2D eigenvalue weighted by atomic mass is 32.2. The molecular weight excluding hydrogens is 296 g/mol. The van der Waals surface area contributed by atoms with Crippen molar-refractivity contribution in [2.45, 2.75) is 9.79 Å². The third kappa shape index (κ3) is 3.29. The van der Waals surface area contributed by atoms with Crippen molar-refractivity contribution in [1.29, 1.82) is 0 Å². The van der Waals surface area contributed by atoms with E-state index in [-0.39, 0.29) is 4.90 Å². The normalized spacial score (nSPS) is 12.2. The average molecular weight is 308 g/mol. The molecule has 1 rings (SSSR count). The first-order valence-electron chi connectivity index (χ1n) is 4.82. The molecule has 0 saturated carbocycles. The molecule has 0 aliphatic rings. The molecular formula is C9H12N2O6S2. The van der Waals surface area contributed by atoms with Crippen LogP contribution in [0.4, 0.5) is 0 Å². The van der Waals surface area contributed by atoms with Crippen molar-refractivity contribution < 1.29 is 26.4 Å². The zero-order chi connectivity index (χ0) is 14.8. The van der Waals surface area contributed by atoms with E-state index in [1.165, 1.54) is 7.05 Å². The van der Waals surface area contributed by atoms with Gasteiger partial charge in [0.25, 0.3) is 0 Å². The van der Waals surface area contributed by atoms with Gasteiger partial charge >= 0.3 is 5.97 Å². The first kappa shape index (κ1) is 15.6. The highest BCUT2D eigenvalue weighted by molar-refractivity contribution is 7.89. The van der Waals surface area contributed by atoms with E-state index < -0.39 is 36.5 Å². The Bertz CT molecular complexity index is 708. The Morgan fingerprint density at radius 1 is 1.26 bits per heavy atom. The smallest absolute Gasteiger partial charge is 0.339 e. The molecule has 0 radical (unpaired) electrons. The minimum absolute atomic E-state index is 0.275. The van der Waals surface area contributed by atoms with E-state index in [0.717, 1.165) is 25.3 Å². The van der Waals surface area contributed by atoms with E-state index in [9.17, 15) is 21.6 Å². The highest BCUT2D eigenvalue weighted by Crippen LogP contribution is 2.20. The van der Waals surface area contributed by atoms with Gasteiger partial charge in [-0.05, 0) is 25.2 Å². The summed E-state index contributed by atoms with van der Waals surface area (Å²) in [5, 5.41) is 4.94. The molecule has 0 bridgehead atoms. The molecule has 0 aromatic heterocycles. The maximum Gasteiger partial charge on any atom is 0.339 e. The second-order valence-electron chi connectivity index (χ2n) is 3.40. The molecule has 0 atom stereocenters. The van der Waals surface area contributed by atoms with Crippen molar-refractivity contribution in [2.75, 3.05) is 14.2 Å². The Hall–Kier alpha value is -1.49. The van der Waals surface area contributed by atoms with E-state index in [1.807, 2.05) is 4.72 Å². The number of hydrogen-bond donors (Lipinski definition) is 2. The Labute approximate surface area is 110 Å². The lowest BCUT2D eigenvalue weighted by molar-refractivity contribution is 0.0596. The van der Waals surface area contributed by atoms with Crippen LogP contribution in [0.15, 0.2) is 28.0 Å². The number of rotatable bonds is 4. The van der Waals surface area contributed by atoms with Crippen LogP contribution in [0.5, 0.6) is 0 Å². The van der Waals surface area contributed by atoms with Crippen molar-refractivity contribution in [3.8, 4) is 0 Å². The summed E-state index contributed by atoms with van der Waals surface area (Å²) in [7, 11) is -5.77. The van der Waals surface area contributed by atoms with E-state index in [4.69, 9.17) is 5.14 Å². The van der Waals surface area contributed by atoms with Crippen molar-refractivity contribution in [2.24, 2.45) is 5.14 Å². The number of nitrogens with two attached hydrogens (primary N) is 1. The summed E-state index contributed by atoms with van der Waals surface area (Å²) >= 11 is 0. The van der Waals surface area contributed by atoms with Gasteiger partial charge in [0.15, 0.2) is 0 Å². The maximum absolute atomic E-state index is 11.6. The van der Waals surface area contributed by atoms with Gasteiger partial charge in [0.05, 0.1) is 22.5 Å². The Morgan fingerprint density at radius 2 is 1.84 bits per heavy atom. The number of hydrogen-bond acceptors (Lipinski definition) is 6. The van der Waals surface area contributed by atoms with E-state index in [1.54, 1.807) is 0 Å². The molecule has 0 saturated heterocycles. The van der Waals surface area contributed by atoms with E-state index in [0.29, 0.717) is 0 Å². The quantitative estimate of drug-likeness (QED) is 0.687. The number of benzene rings is 1. The van der Waals surface area contributed by atoms with Crippen LogP contribution >= 0.6 is 0 Å². The summed E-state index contributed by atoms with van der Waals surface area (Å²) in [6.45, 7) is 0. The largest absolute Gasteiger partial charge is 0.465 e. The molecule has 19 heavy (non-hydrogen) atoms. The SMILES string of the molecule is CNS(=O)(=O)c1ccc(S(N)(=O)=O)c(C(=O)OC)c1. The molecule has 0 amide bonds. The zero-order valence-electron chi connectivity index (χ0n) is 10.1. The van der Waals surface area contributed by atoms with Crippen molar-refractivity contribution in [3.05, 3.63) is 23.8 Å². The number of primary sulfonamides is 1. The summed E-state index contributed by atoms with van der Waals surface area (Å²) in [6.07, 6.45) is 0. The highest BCUT2D eigenvalue weighted by Gasteiger charge is 2.23. The average Bonchev–Trinajstić information content (AvgIpc) is 2.36. The van der Waals surface area contributed by atoms with Gasteiger partial charge in [0, 0.05) is 0 Å². The Kier molecular flexibility index (Phi) is 4.30. The number of esters is 1. The standard InChI is InChI=1S/C9H12N2O6S2/c1-11-19(15,16)6-3-4-8(18(10,13)14)7(5-6)9(12)17-2/h3-5,11H,1-2H3,(H2,10,13,14). The molecule has 0 unspecified atom stereocenters. The lowest BCUT2D eigenvalue weighted by Gasteiger charge is -2.08. The van der Waals surface area contributed by atoms with Crippen LogP contribution in [0, 0.1) is 0 Å². The van der Waals surface area contributed by atoms with Crippen molar-refractivity contribution >= 4 is 26.0 Å². The van der Waals surface area contributed by atoms with Gasteiger partial charge in [-0.25, -0.2) is 31.5 Å². The number of carbonyl (C=O) groups excluding carboxylic acids is 1. The fourth-order valence-corrected chi connectivity index (χ4v) is 2.77. The van der Waals surface area contributed by atoms with Crippen molar-refractivity contribution in [3.63, 3.8) is 0 Å². The lowest BCUT2D eigenvalue weighted by Crippen LogP contribution is -2.21. The molecule has 0 aliphatic heterocycles. The van der Waals surface area contributed by atoms with Gasteiger partial charge in [-0.3, -0.25) is 0 Å². The number of ether oxygens (including phenoxy) is 1. The van der Waals surface area contributed by atoms with Gasteiger partial charge in [-0.2, -0.15) is 0 Å².